The molecule has 1 N–H and O–H groups in total. The maximum atomic E-state index is 11.8. The van der Waals surface area contributed by atoms with Crippen LogP contribution in [-0.4, -0.2) is 29.3 Å². The van der Waals surface area contributed by atoms with Crippen LogP contribution in [0.2, 0.25) is 0 Å². The summed E-state index contributed by atoms with van der Waals surface area (Å²) in [5.41, 5.74) is 0.384. The minimum absolute atomic E-state index is 0.00794. The van der Waals surface area contributed by atoms with Gasteiger partial charge in [0.05, 0.1) is 6.61 Å². The van der Waals surface area contributed by atoms with E-state index in [9.17, 15) is 9.59 Å². The molecule has 4 nitrogen and oxygen atoms in total. The molecule has 0 heterocycles. The van der Waals surface area contributed by atoms with Crippen LogP contribution in [0.15, 0.2) is 18.2 Å². The summed E-state index contributed by atoms with van der Waals surface area (Å²) in [6.07, 6.45) is 0.895. The lowest BCUT2D eigenvalue weighted by Gasteiger charge is -2.08. The molecule has 0 spiro atoms. The van der Waals surface area contributed by atoms with Gasteiger partial charge in [-0.25, -0.2) is 4.79 Å². The van der Waals surface area contributed by atoms with Crippen molar-refractivity contribution in [1.82, 2.24) is 0 Å². The summed E-state index contributed by atoms with van der Waals surface area (Å²) in [5, 5.41) is 9.06. The molecule has 1 aromatic rings. The summed E-state index contributed by atoms with van der Waals surface area (Å²) >= 11 is 5.51. The number of alkyl halides is 1. The summed E-state index contributed by atoms with van der Waals surface area (Å²) in [5.74, 6) is -0.528. The Hall–Kier alpha value is -1.55. The Morgan fingerprint density at radius 1 is 1.39 bits per heavy atom. The highest BCUT2D eigenvalue weighted by molar-refractivity contribution is 6.18. The van der Waals surface area contributed by atoms with Gasteiger partial charge in [0.25, 0.3) is 0 Å². The van der Waals surface area contributed by atoms with Crippen molar-refractivity contribution in [3.05, 3.63) is 29.3 Å². The topological polar surface area (TPSA) is 63.6 Å². The van der Waals surface area contributed by atoms with Gasteiger partial charge in [0.1, 0.15) is 11.3 Å². The van der Waals surface area contributed by atoms with Crippen LogP contribution in [0.25, 0.3) is 0 Å². The Morgan fingerprint density at radius 3 is 2.67 bits per heavy atom. The molecule has 0 saturated carbocycles. The summed E-state index contributed by atoms with van der Waals surface area (Å²) in [7, 11) is 0. The van der Waals surface area contributed by atoms with Crippen LogP contribution in [0.4, 0.5) is 0 Å². The fourth-order valence-electron chi connectivity index (χ4n) is 1.52. The van der Waals surface area contributed by atoms with Crippen molar-refractivity contribution in [2.75, 3.05) is 12.5 Å². The average Bonchev–Trinajstić information content (AvgIpc) is 2.36. The van der Waals surface area contributed by atoms with E-state index in [4.69, 9.17) is 21.4 Å². The lowest BCUT2D eigenvalue weighted by molar-refractivity contribution is 0.0692. The van der Waals surface area contributed by atoms with Crippen molar-refractivity contribution in [1.29, 1.82) is 0 Å². The van der Waals surface area contributed by atoms with E-state index in [1.165, 1.54) is 12.1 Å². The molecular formula is C13H15ClO4. The fraction of sp³-hybridized carbons (Fsp3) is 0.385. The molecule has 0 unspecified atom stereocenters. The van der Waals surface area contributed by atoms with Gasteiger partial charge in [-0.2, -0.15) is 0 Å². The maximum Gasteiger partial charge on any atom is 0.339 e. The van der Waals surface area contributed by atoms with Crippen LogP contribution in [0, 0.1) is 0 Å². The van der Waals surface area contributed by atoms with Gasteiger partial charge in [-0.15, -0.1) is 11.6 Å². The van der Waals surface area contributed by atoms with Crippen LogP contribution in [0.1, 0.15) is 40.5 Å². The number of carboxylic acids is 1. The zero-order valence-corrected chi connectivity index (χ0v) is 10.9. The standard InChI is InChI=1S/C13H15ClO4/c1-2-18-12-6-5-9(8-10(12)13(16)17)11(15)4-3-7-14/h5-6,8H,2-4,7H2,1H3,(H,16,17). The molecule has 0 aliphatic heterocycles. The number of Topliss-reactive ketones (excluding diaryl/α,β-unsaturated/α-hetero) is 1. The SMILES string of the molecule is CCOc1ccc(C(=O)CCCCl)cc1C(=O)O. The molecule has 5 heteroatoms. The van der Waals surface area contributed by atoms with Crippen LogP contribution < -0.4 is 4.74 Å². The third kappa shape index (κ3) is 3.74. The van der Waals surface area contributed by atoms with Gasteiger partial charge < -0.3 is 9.84 Å². The molecule has 0 aliphatic carbocycles. The number of halogens is 1. The van der Waals surface area contributed by atoms with Crippen molar-refractivity contribution in [2.45, 2.75) is 19.8 Å². The molecule has 0 bridgehead atoms. The fourth-order valence-corrected chi connectivity index (χ4v) is 1.66. The van der Waals surface area contributed by atoms with Gasteiger partial charge in [0.2, 0.25) is 0 Å². The minimum atomic E-state index is -1.11. The Bertz CT molecular complexity index is 443. The second kappa shape index (κ2) is 7.01. The van der Waals surface area contributed by atoms with Gasteiger partial charge in [-0.3, -0.25) is 4.79 Å². The predicted octanol–water partition coefficient (Wildman–Crippen LogP) is 2.99. The number of hydrogen-bond donors (Lipinski definition) is 1. The van der Waals surface area contributed by atoms with Crippen molar-refractivity contribution >= 4 is 23.4 Å². The van der Waals surface area contributed by atoms with Gasteiger partial charge in [0, 0.05) is 17.9 Å². The van der Waals surface area contributed by atoms with E-state index in [1.54, 1.807) is 13.0 Å². The molecule has 0 amide bonds. The molecular weight excluding hydrogens is 256 g/mol. The molecule has 0 fully saturated rings. The Labute approximate surface area is 111 Å². The molecule has 1 rings (SSSR count). The van der Waals surface area contributed by atoms with Crippen LogP contribution in [0.5, 0.6) is 5.75 Å². The van der Waals surface area contributed by atoms with Gasteiger partial charge >= 0.3 is 5.97 Å². The first-order valence-corrected chi connectivity index (χ1v) is 6.23. The number of benzene rings is 1. The van der Waals surface area contributed by atoms with Gasteiger partial charge in [-0.1, -0.05) is 0 Å². The number of ether oxygens (including phenoxy) is 1. The number of ketones is 1. The second-order valence-electron chi connectivity index (χ2n) is 3.66. The van der Waals surface area contributed by atoms with E-state index >= 15 is 0 Å². The third-order valence-electron chi connectivity index (χ3n) is 2.37. The van der Waals surface area contributed by atoms with E-state index in [2.05, 4.69) is 0 Å². The van der Waals surface area contributed by atoms with Crippen molar-refractivity contribution in [2.24, 2.45) is 0 Å². The molecule has 0 saturated heterocycles. The number of hydrogen-bond acceptors (Lipinski definition) is 3. The van der Waals surface area contributed by atoms with E-state index in [-0.39, 0.29) is 17.1 Å². The Balaban J connectivity index is 2.99. The van der Waals surface area contributed by atoms with E-state index in [0.29, 0.717) is 30.9 Å². The summed E-state index contributed by atoms with van der Waals surface area (Å²) in [4.78, 5) is 22.8. The van der Waals surface area contributed by atoms with E-state index in [0.717, 1.165) is 0 Å². The number of carboxylic acid groups (broad SMARTS) is 1. The predicted molar refractivity (Wildman–Crippen MR) is 68.9 cm³/mol. The first kappa shape index (κ1) is 14.5. The highest BCUT2D eigenvalue weighted by Crippen LogP contribution is 2.21. The molecule has 0 aliphatic rings. The molecule has 18 heavy (non-hydrogen) atoms. The van der Waals surface area contributed by atoms with Crippen LogP contribution >= 0.6 is 11.6 Å². The molecule has 0 atom stereocenters. The normalized spacial score (nSPS) is 10.1. The quantitative estimate of drug-likeness (QED) is 0.611. The molecule has 0 aromatic heterocycles. The smallest absolute Gasteiger partial charge is 0.339 e. The number of carbonyl (C=O) groups excluding carboxylic acids is 1. The highest BCUT2D eigenvalue weighted by Gasteiger charge is 2.15. The molecule has 98 valence electrons. The number of carbonyl (C=O) groups is 2. The van der Waals surface area contributed by atoms with Crippen molar-refractivity contribution in [3.8, 4) is 5.75 Å². The van der Waals surface area contributed by atoms with Gasteiger partial charge in [-0.05, 0) is 31.5 Å². The first-order valence-electron chi connectivity index (χ1n) is 5.69. The number of rotatable bonds is 7. The largest absolute Gasteiger partial charge is 0.493 e. The van der Waals surface area contributed by atoms with Crippen LogP contribution in [0.3, 0.4) is 0 Å². The third-order valence-corrected chi connectivity index (χ3v) is 2.64. The Kier molecular flexibility index (Phi) is 5.65. The summed E-state index contributed by atoms with van der Waals surface area (Å²) in [6, 6.07) is 4.44. The van der Waals surface area contributed by atoms with Crippen molar-refractivity contribution in [3.63, 3.8) is 0 Å². The first-order chi connectivity index (χ1) is 8.60. The minimum Gasteiger partial charge on any atom is -0.493 e. The number of aromatic carboxylic acids is 1. The zero-order chi connectivity index (χ0) is 13.5. The Morgan fingerprint density at radius 2 is 2.11 bits per heavy atom. The van der Waals surface area contributed by atoms with E-state index in [1.807, 2.05) is 0 Å². The lowest BCUT2D eigenvalue weighted by Crippen LogP contribution is -2.06. The second-order valence-corrected chi connectivity index (χ2v) is 4.04. The van der Waals surface area contributed by atoms with E-state index < -0.39 is 5.97 Å². The van der Waals surface area contributed by atoms with Crippen molar-refractivity contribution < 1.29 is 19.4 Å². The summed E-state index contributed by atoms with van der Waals surface area (Å²) < 4.78 is 5.20. The molecule has 0 radical (unpaired) electrons. The highest BCUT2D eigenvalue weighted by atomic mass is 35.5. The molecule has 1 aromatic carbocycles. The maximum absolute atomic E-state index is 11.8. The zero-order valence-electron chi connectivity index (χ0n) is 10.1. The average molecular weight is 271 g/mol. The van der Waals surface area contributed by atoms with Gasteiger partial charge in [0.15, 0.2) is 5.78 Å². The monoisotopic (exact) mass is 270 g/mol. The lowest BCUT2D eigenvalue weighted by atomic mass is 10.0. The van der Waals surface area contributed by atoms with Crippen LogP contribution in [-0.2, 0) is 0 Å². The summed E-state index contributed by atoms with van der Waals surface area (Å²) in [6.45, 7) is 2.14.